The highest BCUT2D eigenvalue weighted by molar-refractivity contribution is 6.34. The summed E-state index contributed by atoms with van der Waals surface area (Å²) in [6, 6.07) is 9.29. The van der Waals surface area contributed by atoms with Gasteiger partial charge in [-0.05, 0) is 53.6 Å². The van der Waals surface area contributed by atoms with E-state index in [1.807, 2.05) is 0 Å². The molecule has 15 heteroatoms. The number of amides is 1. The normalized spacial score (nSPS) is 13.7. The molecule has 1 amide bonds. The summed E-state index contributed by atoms with van der Waals surface area (Å²) in [7, 11) is 0. The van der Waals surface area contributed by atoms with Crippen molar-refractivity contribution in [2.24, 2.45) is 0 Å². The zero-order chi connectivity index (χ0) is 29.2. The van der Waals surface area contributed by atoms with Crippen molar-refractivity contribution in [2.75, 3.05) is 25.0 Å². The number of hydrogen-bond acceptors (Lipinski definition) is 9. The molecule has 212 valence electrons. The number of nitrogens with zero attached hydrogens (tertiary/aromatic N) is 8. The van der Waals surface area contributed by atoms with Crippen molar-refractivity contribution in [3.63, 3.8) is 0 Å². The van der Waals surface area contributed by atoms with E-state index in [2.05, 4.69) is 35.9 Å². The SMILES string of the molecule is N#CCOc1ccc(-c2cnc3c(Nc4ccc(C(=O)N5CCC(c6nnn[nH]6)CC5)c(Cl)c4)nccn23)c(F)c1F. The quantitative estimate of drug-likeness (QED) is 0.279. The lowest BCUT2D eigenvalue weighted by molar-refractivity contribution is 0.0711. The van der Waals surface area contributed by atoms with Gasteiger partial charge in [-0.2, -0.15) is 9.65 Å². The number of rotatable bonds is 7. The van der Waals surface area contributed by atoms with Crippen LogP contribution in [-0.4, -0.2) is 65.5 Å². The first kappa shape index (κ1) is 27.0. The molecular formula is C27H21ClF2N10O2. The highest BCUT2D eigenvalue weighted by Crippen LogP contribution is 2.33. The Bertz CT molecular complexity index is 1810. The van der Waals surface area contributed by atoms with Gasteiger partial charge in [-0.3, -0.25) is 9.20 Å². The third-order valence-corrected chi connectivity index (χ3v) is 7.35. The van der Waals surface area contributed by atoms with E-state index in [4.69, 9.17) is 21.6 Å². The van der Waals surface area contributed by atoms with E-state index in [1.54, 1.807) is 39.8 Å². The van der Waals surface area contributed by atoms with E-state index in [9.17, 15) is 13.6 Å². The van der Waals surface area contributed by atoms with Crippen LogP contribution in [0.5, 0.6) is 5.75 Å². The lowest BCUT2D eigenvalue weighted by Gasteiger charge is -2.31. The van der Waals surface area contributed by atoms with E-state index >= 15 is 0 Å². The zero-order valence-electron chi connectivity index (χ0n) is 21.8. The van der Waals surface area contributed by atoms with Gasteiger partial charge in [-0.1, -0.05) is 11.6 Å². The molecule has 3 aromatic heterocycles. The topological polar surface area (TPSA) is 150 Å². The highest BCUT2D eigenvalue weighted by atomic mass is 35.5. The Morgan fingerprint density at radius 2 is 2.02 bits per heavy atom. The standard InChI is InChI=1S/C27H21ClF2N10O2/c28-19-13-16(1-2-17(19)27(41)39-9-5-15(6-10-39)24-35-37-38-36-24)34-25-26-33-14-20(40(26)11-8-32-25)18-3-4-21(42-12-7-31)23(30)22(18)29/h1-4,8,11,13-15H,5-6,9-10,12H2,(H,32,34)(H,35,36,37,38). The van der Waals surface area contributed by atoms with Crippen LogP contribution in [0, 0.1) is 23.0 Å². The van der Waals surface area contributed by atoms with Crippen LogP contribution in [-0.2, 0) is 0 Å². The number of imidazole rings is 1. The van der Waals surface area contributed by atoms with Crippen molar-refractivity contribution >= 4 is 34.7 Å². The molecule has 0 unspecified atom stereocenters. The van der Waals surface area contributed by atoms with Crippen molar-refractivity contribution in [2.45, 2.75) is 18.8 Å². The van der Waals surface area contributed by atoms with Crippen LogP contribution in [0.15, 0.2) is 48.9 Å². The van der Waals surface area contributed by atoms with E-state index in [1.165, 1.54) is 24.5 Å². The molecule has 1 fully saturated rings. The maximum absolute atomic E-state index is 14.9. The molecule has 0 spiro atoms. The third kappa shape index (κ3) is 5.06. The van der Waals surface area contributed by atoms with Gasteiger partial charge < -0.3 is 15.0 Å². The first-order valence-electron chi connectivity index (χ1n) is 12.8. The molecule has 0 saturated carbocycles. The Kier molecular flexibility index (Phi) is 7.32. The fraction of sp³-hybridized carbons (Fsp3) is 0.222. The lowest BCUT2D eigenvalue weighted by Crippen LogP contribution is -2.38. The number of benzene rings is 2. The average molecular weight is 591 g/mol. The van der Waals surface area contributed by atoms with Gasteiger partial charge in [0.1, 0.15) is 6.07 Å². The second-order valence-electron chi connectivity index (χ2n) is 9.47. The number of aromatic amines is 1. The molecule has 1 saturated heterocycles. The molecular weight excluding hydrogens is 570 g/mol. The van der Waals surface area contributed by atoms with E-state index < -0.39 is 18.2 Å². The number of anilines is 2. The first-order chi connectivity index (χ1) is 20.4. The zero-order valence-corrected chi connectivity index (χ0v) is 22.5. The Morgan fingerprint density at radius 3 is 2.76 bits per heavy atom. The molecule has 6 rings (SSSR count). The summed E-state index contributed by atoms with van der Waals surface area (Å²) in [5.41, 5.74) is 1.50. The molecule has 5 aromatic rings. The molecule has 42 heavy (non-hydrogen) atoms. The Balaban J connectivity index is 1.19. The van der Waals surface area contributed by atoms with Gasteiger partial charge >= 0.3 is 0 Å². The summed E-state index contributed by atoms with van der Waals surface area (Å²) >= 11 is 6.53. The van der Waals surface area contributed by atoms with E-state index in [0.29, 0.717) is 35.8 Å². The van der Waals surface area contributed by atoms with Crippen LogP contribution >= 0.6 is 11.6 Å². The Hall–Kier alpha value is -5.16. The van der Waals surface area contributed by atoms with Gasteiger partial charge in [0.15, 0.2) is 35.5 Å². The monoisotopic (exact) mass is 590 g/mol. The van der Waals surface area contributed by atoms with Crippen LogP contribution in [0.1, 0.15) is 34.9 Å². The fourth-order valence-electron chi connectivity index (χ4n) is 4.93. The van der Waals surface area contributed by atoms with Gasteiger partial charge in [0.25, 0.3) is 5.91 Å². The van der Waals surface area contributed by atoms with Crippen LogP contribution < -0.4 is 10.1 Å². The number of ether oxygens (including phenoxy) is 1. The number of H-pyrrole nitrogens is 1. The van der Waals surface area contributed by atoms with Crippen molar-refractivity contribution in [3.8, 4) is 23.1 Å². The number of nitriles is 1. The van der Waals surface area contributed by atoms with E-state index in [0.717, 1.165) is 18.7 Å². The molecule has 12 nitrogen and oxygen atoms in total. The third-order valence-electron chi connectivity index (χ3n) is 7.04. The minimum atomic E-state index is -1.20. The molecule has 4 heterocycles. The average Bonchev–Trinajstić information content (AvgIpc) is 3.70. The van der Waals surface area contributed by atoms with E-state index in [-0.39, 0.29) is 33.9 Å². The maximum atomic E-state index is 14.9. The lowest BCUT2D eigenvalue weighted by atomic mass is 9.95. The molecule has 0 radical (unpaired) electrons. The van der Waals surface area contributed by atoms with Crippen LogP contribution in [0.4, 0.5) is 20.3 Å². The molecule has 1 aliphatic heterocycles. The maximum Gasteiger partial charge on any atom is 0.255 e. The van der Waals surface area contributed by atoms with Gasteiger partial charge in [-0.15, -0.1) is 5.10 Å². The summed E-state index contributed by atoms with van der Waals surface area (Å²) in [6.45, 7) is 0.691. The number of carbonyl (C=O) groups is 1. The molecule has 0 atom stereocenters. The van der Waals surface area contributed by atoms with Crippen LogP contribution in [0.3, 0.4) is 0 Å². The van der Waals surface area contributed by atoms with Gasteiger partial charge in [-0.25, -0.2) is 19.5 Å². The molecule has 1 aliphatic rings. The number of nitrogens with one attached hydrogen (secondary N) is 2. The molecule has 2 aromatic carbocycles. The summed E-state index contributed by atoms with van der Waals surface area (Å²) in [5, 5.41) is 26.0. The van der Waals surface area contributed by atoms with Crippen LogP contribution in [0.25, 0.3) is 16.9 Å². The summed E-state index contributed by atoms with van der Waals surface area (Å²) < 4.78 is 36.0. The summed E-state index contributed by atoms with van der Waals surface area (Å²) in [4.78, 5) is 23.6. The second-order valence-corrected chi connectivity index (χ2v) is 9.88. The number of piperidine rings is 1. The van der Waals surface area contributed by atoms with Gasteiger partial charge in [0, 0.05) is 42.7 Å². The van der Waals surface area contributed by atoms with Crippen molar-refractivity contribution in [3.05, 3.63) is 77.0 Å². The van der Waals surface area contributed by atoms with Gasteiger partial charge in [0.2, 0.25) is 5.82 Å². The number of aromatic nitrogens is 7. The highest BCUT2D eigenvalue weighted by Gasteiger charge is 2.27. The Labute approximate surface area is 241 Å². The number of hydrogen-bond donors (Lipinski definition) is 2. The smallest absolute Gasteiger partial charge is 0.255 e. The fourth-order valence-corrected chi connectivity index (χ4v) is 5.19. The first-order valence-corrected chi connectivity index (χ1v) is 13.2. The van der Waals surface area contributed by atoms with Gasteiger partial charge in [0.05, 0.1) is 22.5 Å². The molecule has 0 aliphatic carbocycles. The predicted molar refractivity (Wildman–Crippen MR) is 146 cm³/mol. The molecule has 2 N–H and O–H groups in total. The van der Waals surface area contributed by atoms with Crippen molar-refractivity contribution < 1.29 is 18.3 Å². The van der Waals surface area contributed by atoms with Crippen LogP contribution in [0.2, 0.25) is 5.02 Å². The van der Waals surface area contributed by atoms with Crippen molar-refractivity contribution in [1.29, 1.82) is 5.26 Å². The molecule has 0 bridgehead atoms. The number of fused-ring (bicyclic) bond motifs is 1. The number of halogens is 3. The Morgan fingerprint density at radius 1 is 1.19 bits per heavy atom. The summed E-state index contributed by atoms with van der Waals surface area (Å²) in [5.74, 6) is -1.64. The second kappa shape index (κ2) is 11.4. The number of carbonyl (C=O) groups excluding carboxylic acids is 1. The number of likely N-dealkylation sites (tertiary alicyclic amines) is 1. The largest absolute Gasteiger partial charge is 0.476 e. The predicted octanol–water partition coefficient (Wildman–Crippen LogP) is 4.51. The minimum Gasteiger partial charge on any atom is -0.476 e. The number of tetrazole rings is 1. The van der Waals surface area contributed by atoms with Crippen molar-refractivity contribution in [1.82, 2.24) is 39.9 Å². The minimum absolute atomic E-state index is 0.0473. The summed E-state index contributed by atoms with van der Waals surface area (Å²) in [6.07, 6.45) is 5.91.